The number of halogens is 1. The van der Waals surface area contributed by atoms with Crippen molar-refractivity contribution < 1.29 is 14.7 Å². The van der Waals surface area contributed by atoms with Crippen LogP contribution in [0.4, 0.5) is 0 Å². The zero-order valence-corrected chi connectivity index (χ0v) is 12.8. The monoisotopic (exact) mass is 340 g/mol. The van der Waals surface area contributed by atoms with Crippen molar-refractivity contribution in [1.82, 2.24) is 9.88 Å². The Morgan fingerprint density at radius 1 is 1.40 bits per heavy atom. The maximum atomic E-state index is 12.3. The molecule has 0 spiro atoms. The van der Waals surface area contributed by atoms with Gasteiger partial charge >= 0.3 is 5.97 Å². The summed E-state index contributed by atoms with van der Waals surface area (Å²) in [4.78, 5) is 23.8. The summed E-state index contributed by atoms with van der Waals surface area (Å²) in [7, 11) is 1.80. The summed E-state index contributed by atoms with van der Waals surface area (Å²) in [5.74, 6) is -0.865. The van der Waals surface area contributed by atoms with Crippen molar-refractivity contribution in [3.63, 3.8) is 0 Å². The largest absolute Gasteiger partial charge is 0.481 e. The number of nitrogens with zero attached hydrogens (tertiary/aromatic N) is 1. The molecule has 1 amide bonds. The molecule has 0 aromatic carbocycles. The van der Waals surface area contributed by atoms with Crippen LogP contribution in [0.5, 0.6) is 0 Å². The quantitative estimate of drug-likeness (QED) is 0.884. The lowest BCUT2D eigenvalue weighted by Crippen LogP contribution is -2.47. The lowest BCUT2D eigenvalue weighted by molar-refractivity contribution is -0.144. The minimum atomic E-state index is -0.782. The molecule has 20 heavy (non-hydrogen) atoms. The Balaban J connectivity index is 1.78. The SMILES string of the molecule is Cn1cc(Br)cc1C(=O)NC1C2CCC(C2)C1C(=O)O. The van der Waals surface area contributed by atoms with E-state index in [0.29, 0.717) is 11.6 Å². The van der Waals surface area contributed by atoms with Crippen LogP contribution in [0.1, 0.15) is 29.8 Å². The third-order valence-electron chi connectivity index (χ3n) is 4.70. The van der Waals surface area contributed by atoms with E-state index in [-0.39, 0.29) is 17.9 Å². The van der Waals surface area contributed by atoms with Crippen molar-refractivity contribution in [3.05, 3.63) is 22.4 Å². The van der Waals surface area contributed by atoms with E-state index in [4.69, 9.17) is 0 Å². The molecule has 0 saturated heterocycles. The van der Waals surface area contributed by atoms with Crippen molar-refractivity contribution in [3.8, 4) is 0 Å². The molecule has 1 aromatic rings. The van der Waals surface area contributed by atoms with E-state index < -0.39 is 11.9 Å². The number of carboxylic acid groups (broad SMARTS) is 1. The van der Waals surface area contributed by atoms with Gasteiger partial charge in [0.2, 0.25) is 0 Å². The number of carbonyl (C=O) groups is 2. The fourth-order valence-electron chi connectivity index (χ4n) is 3.83. The molecular formula is C14H17BrN2O3. The zero-order valence-electron chi connectivity index (χ0n) is 11.2. The number of hydrogen-bond acceptors (Lipinski definition) is 2. The minimum absolute atomic E-state index is 0.193. The van der Waals surface area contributed by atoms with Crippen LogP contribution in [-0.2, 0) is 11.8 Å². The first-order chi connectivity index (χ1) is 9.47. The minimum Gasteiger partial charge on any atom is -0.481 e. The van der Waals surface area contributed by atoms with Crippen LogP contribution in [0.2, 0.25) is 0 Å². The lowest BCUT2D eigenvalue weighted by atomic mass is 9.84. The highest BCUT2D eigenvalue weighted by atomic mass is 79.9. The average molecular weight is 341 g/mol. The highest BCUT2D eigenvalue weighted by molar-refractivity contribution is 9.10. The van der Waals surface area contributed by atoms with E-state index in [1.165, 1.54) is 0 Å². The molecule has 5 nitrogen and oxygen atoms in total. The number of rotatable bonds is 3. The predicted octanol–water partition coefficient (Wildman–Crippen LogP) is 2.02. The smallest absolute Gasteiger partial charge is 0.308 e. The van der Waals surface area contributed by atoms with Crippen LogP contribution in [0.3, 0.4) is 0 Å². The van der Waals surface area contributed by atoms with Gasteiger partial charge in [0.1, 0.15) is 5.69 Å². The Morgan fingerprint density at radius 3 is 2.70 bits per heavy atom. The Kier molecular flexibility index (Phi) is 3.36. The van der Waals surface area contributed by atoms with E-state index in [1.54, 1.807) is 17.7 Å². The topological polar surface area (TPSA) is 71.3 Å². The van der Waals surface area contributed by atoms with E-state index in [2.05, 4.69) is 21.2 Å². The molecule has 6 heteroatoms. The molecule has 3 rings (SSSR count). The van der Waals surface area contributed by atoms with Crippen LogP contribution >= 0.6 is 15.9 Å². The first kappa shape index (κ1) is 13.7. The molecule has 2 aliphatic rings. The molecule has 2 saturated carbocycles. The van der Waals surface area contributed by atoms with Crippen molar-refractivity contribution >= 4 is 27.8 Å². The van der Waals surface area contributed by atoms with E-state index >= 15 is 0 Å². The highest BCUT2D eigenvalue weighted by Gasteiger charge is 2.51. The summed E-state index contributed by atoms with van der Waals surface area (Å²) in [6.07, 6.45) is 4.74. The highest BCUT2D eigenvalue weighted by Crippen LogP contribution is 2.48. The van der Waals surface area contributed by atoms with Crippen molar-refractivity contribution in [1.29, 1.82) is 0 Å². The molecule has 1 aromatic heterocycles. The molecular weight excluding hydrogens is 324 g/mol. The lowest BCUT2D eigenvalue weighted by Gasteiger charge is -2.28. The van der Waals surface area contributed by atoms with Gasteiger partial charge < -0.3 is 15.0 Å². The summed E-state index contributed by atoms with van der Waals surface area (Å²) in [6.45, 7) is 0. The van der Waals surface area contributed by atoms with Gasteiger partial charge in [-0.05, 0) is 53.1 Å². The van der Waals surface area contributed by atoms with Crippen LogP contribution in [0, 0.1) is 17.8 Å². The predicted molar refractivity (Wildman–Crippen MR) is 76.3 cm³/mol. The number of hydrogen-bond donors (Lipinski definition) is 2. The molecule has 2 N–H and O–H groups in total. The third-order valence-corrected chi connectivity index (χ3v) is 5.14. The van der Waals surface area contributed by atoms with E-state index in [9.17, 15) is 14.7 Å². The van der Waals surface area contributed by atoms with Crippen LogP contribution in [0.25, 0.3) is 0 Å². The van der Waals surface area contributed by atoms with Gasteiger partial charge in [0.05, 0.1) is 5.92 Å². The van der Waals surface area contributed by atoms with Gasteiger partial charge in [0.15, 0.2) is 0 Å². The second kappa shape index (κ2) is 4.91. The van der Waals surface area contributed by atoms with Crippen LogP contribution in [-0.4, -0.2) is 27.6 Å². The van der Waals surface area contributed by atoms with Gasteiger partial charge in [-0.15, -0.1) is 0 Å². The first-order valence-electron chi connectivity index (χ1n) is 6.83. The number of aromatic nitrogens is 1. The summed E-state index contributed by atoms with van der Waals surface area (Å²) < 4.78 is 2.58. The third kappa shape index (κ3) is 2.16. The first-order valence-corrected chi connectivity index (χ1v) is 7.62. The summed E-state index contributed by atoms with van der Waals surface area (Å²) in [5.41, 5.74) is 0.545. The molecule has 0 aliphatic heterocycles. The van der Waals surface area contributed by atoms with Gasteiger partial charge in [0, 0.05) is 23.8 Å². The number of amides is 1. The number of aryl methyl sites for hydroxylation is 1. The Labute approximate surface area is 125 Å². The van der Waals surface area contributed by atoms with Crippen LogP contribution < -0.4 is 5.32 Å². The molecule has 108 valence electrons. The van der Waals surface area contributed by atoms with E-state index in [0.717, 1.165) is 23.7 Å². The van der Waals surface area contributed by atoms with E-state index in [1.807, 2.05) is 6.20 Å². The fourth-order valence-corrected chi connectivity index (χ4v) is 4.35. The Bertz CT molecular complexity index is 569. The normalized spacial score (nSPS) is 31.5. The van der Waals surface area contributed by atoms with Crippen molar-refractivity contribution in [2.75, 3.05) is 0 Å². The number of carboxylic acids is 1. The Hall–Kier alpha value is -1.30. The molecule has 4 atom stereocenters. The summed E-state index contributed by atoms with van der Waals surface area (Å²) >= 11 is 3.34. The second-order valence-corrected chi connectivity index (χ2v) is 6.77. The second-order valence-electron chi connectivity index (χ2n) is 5.85. The van der Waals surface area contributed by atoms with Crippen molar-refractivity contribution in [2.45, 2.75) is 25.3 Å². The molecule has 0 radical (unpaired) electrons. The zero-order chi connectivity index (χ0) is 14.4. The fraction of sp³-hybridized carbons (Fsp3) is 0.571. The van der Waals surface area contributed by atoms with Gasteiger partial charge in [-0.1, -0.05) is 0 Å². The maximum Gasteiger partial charge on any atom is 0.308 e. The molecule has 4 unspecified atom stereocenters. The van der Waals surface area contributed by atoms with Gasteiger partial charge in [0.25, 0.3) is 5.91 Å². The molecule has 2 aliphatic carbocycles. The van der Waals surface area contributed by atoms with Crippen LogP contribution in [0.15, 0.2) is 16.7 Å². The number of fused-ring (bicyclic) bond motifs is 2. The maximum absolute atomic E-state index is 12.3. The number of aliphatic carboxylic acids is 1. The summed E-state index contributed by atoms with van der Waals surface area (Å²) in [5, 5.41) is 12.3. The van der Waals surface area contributed by atoms with Gasteiger partial charge in [-0.2, -0.15) is 0 Å². The Morgan fingerprint density at radius 2 is 2.10 bits per heavy atom. The number of nitrogens with one attached hydrogen (secondary N) is 1. The summed E-state index contributed by atoms with van der Waals surface area (Å²) in [6, 6.07) is 1.52. The average Bonchev–Trinajstić information content (AvgIpc) is 3.03. The molecule has 2 bridgehead atoms. The van der Waals surface area contributed by atoms with Gasteiger partial charge in [-0.25, -0.2) is 0 Å². The molecule has 2 fully saturated rings. The molecule has 1 heterocycles. The standard InChI is InChI=1S/C14H17BrN2O3/c1-17-6-9(15)5-10(17)13(18)16-12-8-3-2-7(4-8)11(12)14(19)20/h5-8,11-12H,2-4H2,1H3,(H,16,18)(H,19,20). The van der Waals surface area contributed by atoms with Crippen molar-refractivity contribution in [2.24, 2.45) is 24.8 Å². The van der Waals surface area contributed by atoms with Gasteiger partial charge in [-0.3, -0.25) is 9.59 Å². The number of carbonyl (C=O) groups excluding carboxylic acids is 1.